The smallest absolute Gasteiger partial charge is 0.149 e. The average Bonchev–Trinajstić information content (AvgIpc) is 2.28. The van der Waals surface area contributed by atoms with E-state index < -0.39 is 11.6 Å². The third-order valence-electron chi connectivity index (χ3n) is 2.71. The third kappa shape index (κ3) is 3.95. The number of alkyl halides is 1. The first-order valence-electron chi connectivity index (χ1n) is 5.85. The second-order valence-electron chi connectivity index (χ2n) is 4.17. The van der Waals surface area contributed by atoms with E-state index in [0.717, 1.165) is 19.3 Å². The summed E-state index contributed by atoms with van der Waals surface area (Å²) in [5.41, 5.74) is 0.691. The van der Waals surface area contributed by atoms with E-state index in [-0.39, 0.29) is 5.69 Å². The molecule has 0 bridgehead atoms. The summed E-state index contributed by atoms with van der Waals surface area (Å²) in [4.78, 5) is 1.65. The van der Waals surface area contributed by atoms with Crippen LogP contribution in [-0.4, -0.2) is 13.6 Å². The molecule has 4 heteroatoms. The maximum atomic E-state index is 13.8. The molecule has 1 aromatic carbocycles. The van der Waals surface area contributed by atoms with Crippen molar-refractivity contribution in [2.24, 2.45) is 0 Å². The number of rotatable bonds is 6. The standard InChI is InChI=1S/C13H18BrF2N/c1-3-4-5-6-17(2)13-11(15)7-10(9-14)8-12(13)16/h7-8H,3-6,9H2,1-2H3. The number of anilines is 1. The van der Waals surface area contributed by atoms with Crippen LogP contribution in [-0.2, 0) is 5.33 Å². The van der Waals surface area contributed by atoms with Gasteiger partial charge >= 0.3 is 0 Å². The summed E-state index contributed by atoms with van der Waals surface area (Å²) >= 11 is 3.19. The predicted molar refractivity (Wildman–Crippen MR) is 71.8 cm³/mol. The van der Waals surface area contributed by atoms with Crippen molar-refractivity contribution >= 4 is 21.6 Å². The van der Waals surface area contributed by atoms with Crippen LogP contribution in [0.25, 0.3) is 0 Å². The third-order valence-corrected chi connectivity index (χ3v) is 3.36. The number of nitrogens with zero attached hydrogens (tertiary/aromatic N) is 1. The molecule has 0 aliphatic rings. The van der Waals surface area contributed by atoms with Crippen molar-refractivity contribution in [3.8, 4) is 0 Å². The molecule has 0 fully saturated rings. The van der Waals surface area contributed by atoms with Crippen molar-refractivity contribution < 1.29 is 8.78 Å². The van der Waals surface area contributed by atoms with Crippen LogP contribution in [0.5, 0.6) is 0 Å². The Morgan fingerprint density at radius 1 is 1.18 bits per heavy atom. The SMILES string of the molecule is CCCCCN(C)c1c(F)cc(CBr)cc1F. The van der Waals surface area contributed by atoms with Crippen LogP contribution in [0.1, 0.15) is 31.7 Å². The number of hydrogen-bond acceptors (Lipinski definition) is 1. The van der Waals surface area contributed by atoms with Gasteiger partial charge in [-0.25, -0.2) is 8.78 Å². The summed E-state index contributed by atoms with van der Waals surface area (Å²) in [6.07, 6.45) is 3.13. The maximum absolute atomic E-state index is 13.8. The van der Waals surface area contributed by atoms with Gasteiger partial charge in [0.25, 0.3) is 0 Å². The van der Waals surface area contributed by atoms with E-state index in [4.69, 9.17) is 0 Å². The minimum Gasteiger partial charge on any atom is -0.370 e. The van der Waals surface area contributed by atoms with Crippen LogP contribution in [0.3, 0.4) is 0 Å². The van der Waals surface area contributed by atoms with E-state index >= 15 is 0 Å². The van der Waals surface area contributed by atoms with Gasteiger partial charge in [0.2, 0.25) is 0 Å². The first-order valence-corrected chi connectivity index (χ1v) is 6.97. The minimum atomic E-state index is -0.488. The van der Waals surface area contributed by atoms with Gasteiger partial charge in [-0.3, -0.25) is 0 Å². The number of hydrogen-bond donors (Lipinski definition) is 0. The lowest BCUT2D eigenvalue weighted by Gasteiger charge is -2.20. The van der Waals surface area contributed by atoms with Crippen LogP contribution in [0.2, 0.25) is 0 Å². The van der Waals surface area contributed by atoms with Crippen LogP contribution >= 0.6 is 15.9 Å². The zero-order chi connectivity index (χ0) is 12.8. The fraction of sp³-hybridized carbons (Fsp3) is 0.538. The molecule has 96 valence electrons. The average molecular weight is 306 g/mol. The summed E-state index contributed by atoms with van der Waals surface area (Å²) in [7, 11) is 1.73. The van der Waals surface area contributed by atoms with Gasteiger partial charge in [-0.15, -0.1) is 0 Å². The highest BCUT2D eigenvalue weighted by molar-refractivity contribution is 9.08. The van der Waals surface area contributed by atoms with Crippen molar-refractivity contribution in [2.75, 3.05) is 18.5 Å². The summed E-state index contributed by atoms with van der Waals surface area (Å²) in [5, 5.41) is 0.459. The predicted octanol–water partition coefficient (Wildman–Crippen LogP) is 4.49. The summed E-state index contributed by atoms with van der Waals surface area (Å²) in [6, 6.07) is 2.76. The first kappa shape index (κ1) is 14.4. The molecule has 0 unspecified atom stereocenters. The van der Waals surface area contributed by atoms with Gasteiger partial charge in [-0.05, 0) is 24.1 Å². The summed E-state index contributed by atoms with van der Waals surface area (Å²) < 4.78 is 27.5. The molecular formula is C13H18BrF2N. The lowest BCUT2D eigenvalue weighted by molar-refractivity contribution is 0.571. The highest BCUT2D eigenvalue weighted by atomic mass is 79.9. The Labute approximate surface area is 110 Å². The maximum Gasteiger partial charge on any atom is 0.149 e. The molecule has 0 saturated carbocycles. The van der Waals surface area contributed by atoms with Crippen molar-refractivity contribution in [1.29, 1.82) is 0 Å². The van der Waals surface area contributed by atoms with E-state index in [9.17, 15) is 8.78 Å². The molecule has 0 radical (unpaired) electrons. The zero-order valence-corrected chi connectivity index (χ0v) is 11.9. The molecule has 0 aliphatic carbocycles. The van der Waals surface area contributed by atoms with Gasteiger partial charge in [-0.2, -0.15) is 0 Å². The van der Waals surface area contributed by atoms with Gasteiger partial charge < -0.3 is 4.90 Å². The van der Waals surface area contributed by atoms with Crippen LogP contribution in [0.15, 0.2) is 12.1 Å². The van der Waals surface area contributed by atoms with Crippen LogP contribution < -0.4 is 4.90 Å². The Balaban J connectivity index is 2.82. The molecule has 1 nitrogen and oxygen atoms in total. The minimum absolute atomic E-state index is 0.0748. The van der Waals surface area contributed by atoms with Crippen molar-refractivity contribution in [3.05, 3.63) is 29.3 Å². The van der Waals surface area contributed by atoms with Crippen LogP contribution in [0, 0.1) is 11.6 Å². The molecule has 0 saturated heterocycles. The van der Waals surface area contributed by atoms with Gasteiger partial charge in [-0.1, -0.05) is 35.7 Å². The molecule has 0 spiro atoms. The first-order chi connectivity index (χ1) is 8.10. The Morgan fingerprint density at radius 3 is 2.24 bits per heavy atom. The zero-order valence-electron chi connectivity index (χ0n) is 10.3. The fourth-order valence-corrected chi connectivity index (χ4v) is 2.09. The molecule has 1 aromatic rings. The normalized spacial score (nSPS) is 10.6. The fourth-order valence-electron chi connectivity index (χ4n) is 1.77. The van der Waals surface area contributed by atoms with E-state index in [1.54, 1.807) is 11.9 Å². The number of halogens is 3. The quantitative estimate of drug-likeness (QED) is 0.553. The monoisotopic (exact) mass is 305 g/mol. The molecule has 17 heavy (non-hydrogen) atoms. The van der Waals surface area contributed by atoms with Crippen molar-refractivity contribution in [3.63, 3.8) is 0 Å². The Hall–Kier alpha value is -0.640. The Morgan fingerprint density at radius 2 is 1.76 bits per heavy atom. The van der Waals surface area contributed by atoms with Crippen molar-refractivity contribution in [2.45, 2.75) is 31.5 Å². The second-order valence-corrected chi connectivity index (χ2v) is 4.73. The van der Waals surface area contributed by atoms with E-state index in [2.05, 4.69) is 22.9 Å². The lowest BCUT2D eigenvalue weighted by Crippen LogP contribution is -2.21. The molecule has 0 aliphatic heterocycles. The lowest BCUT2D eigenvalue weighted by atomic mass is 10.2. The largest absolute Gasteiger partial charge is 0.370 e. The molecule has 1 rings (SSSR count). The number of benzene rings is 1. The highest BCUT2D eigenvalue weighted by Gasteiger charge is 2.14. The molecule has 0 amide bonds. The van der Waals surface area contributed by atoms with E-state index in [1.807, 2.05) is 0 Å². The van der Waals surface area contributed by atoms with Gasteiger partial charge in [0.1, 0.15) is 17.3 Å². The highest BCUT2D eigenvalue weighted by Crippen LogP contribution is 2.25. The molecule has 0 atom stereocenters. The molecule has 0 heterocycles. The Bertz CT molecular complexity index is 345. The summed E-state index contributed by atoms with van der Waals surface area (Å²) in [5.74, 6) is -0.975. The number of unbranched alkanes of at least 4 members (excludes halogenated alkanes) is 2. The topological polar surface area (TPSA) is 3.24 Å². The van der Waals surface area contributed by atoms with Crippen LogP contribution in [0.4, 0.5) is 14.5 Å². The summed E-state index contributed by atoms with van der Waals surface area (Å²) in [6.45, 7) is 2.78. The van der Waals surface area contributed by atoms with Gasteiger partial charge in [0.05, 0.1) is 0 Å². The van der Waals surface area contributed by atoms with Crippen molar-refractivity contribution in [1.82, 2.24) is 0 Å². The van der Waals surface area contributed by atoms with Gasteiger partial charge in [0.15, 0.2) is 0 Å². The van der Waals surface area contributed by atoms with E-state index in [0.29, 0.717) is 17.4 Å². The molecular weight excluding hydrogens is 288 g/mol. The second kappa shape index (κ2) is 6.94. The van der Waals surface area contributed by atoms with Gasteiger partial charge in [0, 0.05) is 18.9 Å². The van der Waals surface area contributed by atoms with E-state index in [1.165, 1.54) is 12.1 Å². The Kier molecular flexibility index (Phi) is 5.89. The molecule has 0 aromatic heterocycles. The molecule has 0 N–H and O–H groups in total.